The summed E-state index contributed by atoms with van der Waals surface area (Å²) in [5.41, 5.74) is 1.14. The fraction of sp³-hybridized carbons (Fsp3) is 0.444. The number of nitrogens with zero attached hydrogens (tertiary/aromatic N) is 1. The second-order valence-electron chi connectivity index (χ2n) is 3.05. The van der Waals surface area contributed by atoms with Gasteiger partial charge in [0.05, 0.1) is 0 Å². The molecular formula is C9H12ClN. The molecule has 1 aromatic heterocycles. The molecule has 0 aliphatic carbocycles. The summed E-state index contributed by atoms with van der Waals surface area (Å²) in [7, 11) is 0. The highest BCUT2D eigenvalue weighted by Crippen LogP contribution is 2.15. The van der Waals surface area contributed by atoms with E-state index in [2.05, 4.69) is 18.8 Å². The predicted molar refractivity (Wildman–Crippen MR) is 47.8 cm³/mol. The monoisotopic (exact) mass is 169 g/mol. The molecule has 0 aliphatic rings. The third kappa shape index (κ3) is 2.51. The summed E-state index contributed by atoms with van der Waals surface area (Å²) in [6, 6.07) is 3.94. The zero-order valence-corrected chi connectivity index (χ0v) is 7.60. The van der Waals surface area contributed by atoms with Crippen LogP contribution >= 0.6 is 11.6 Å². The highest BCUT2D eigenvalue weighted by Gasteiger charge is 2.01. The van der Waals surface area contributed by atoms with E-state index in [1.54, 1.807) is 6.20 Å². The Hall–Kier alpha value is -0.560. The number of aromatic nitrogens is 1. The maximum absolute atomic E-state index is 5.86. The average molecular weight is 170 g/mol. The van der Waals surface area contributed by atoms with Crippen LogP contribution in [0.3, 0.4) is 0 Å². The highest BCUT2D eigenvalue weighted by molar-refractivity contribution is 6.30. The van der Waals surface area contributed by atoms with Gasteiger partial charge in [0.15, 0.2) is 0 Å². The van der Waals surface area contributed by atoms with Crippen LogP contribution in [0.2, 0.25) is 5.15 Å². The third-order valence-electron chi connectivity index (χ3n) is 1.46. The smallest absolute Gasteiger partial charge is 0.132 e. The van der Waals surface area contributed by atoms with E-state index in [0.29, 0.717) is 11.1 Å². The number of halogens is 1. The van der Waals surface area contributed by atoms with Gasteiger partial charge in [-0.25, -0.2) is 4.98 Å². The molecule has 1 aromatic rings. The fourth-order valence-electron chi connectivity index (χ4n) is 1.01. The van der Waals surface area contributed by atoms with Gasteiger partial charge >= 0.3 is 0 Å². The van der Waals surface area contributed by atoms with Gasteiger partial charge in [-0.05, 0) is 24.0 Å². The molecule has 0 saturated heterocycles. The zero-order valence-electron chi connectivity index (χ0n) is 6.84. The van der Waals surface area contributed by atoms with Crippen molar-refractivity contribution in [3.8, 4) is 0 Å². The number of hydrogen-bond acceptors (Lipinski definition) is 1. The first-order valence-corrected chi connectivity index (χ1v) is 4.17. The van der Waals surface area contributed by atoms with E-state index in [4.69, 9.17) is 11.6 Å². The molecule has 0 unspecified atom stereocenters. The maximum atomic E-state index is 5.86. The summed E-state index contributed by atoms with van der Waals surface area (Å²) in [5, 5.41) is 0.640. The molecule has 0 radical (unpaired) electrons. The first kappa shape index (κ1) is 8.54. The van der Waals surface area contributed by atoms with Crippen molar-refractivity contribution in [2.24, 2.45) is 5.92 Å². The van der Waals surface area contributed by atoms with Crippen LogP contribution in [0.25, 0.3) is 0 Å². The lowest BCUT2D eigenvalue weighted by molar-refractivity contribution is 0.646. The van der Waals surface area contributed by atoms with Crippen LogP contribution in [-0.4, -0.2) is 4.98 Å². The summed E-state index contributed by atoms with van der Waals surface area (Å²) in [6.45, 7) is 4.34. The molecule has 0 N–H and O–H groups in total. The van der Waals surface area contributed by atoms with Crippen LogP contribution in [-0.2, 0) is 6.42 Å². The SMILES string of the molecule is CC(C)Cc1cccnc1Cl. The second kappa shape index (κ2) is 3.72. The van der Waals surface area contributed by atoms with Gasteiger partial charge in [-0.15, -0.1) is 0 Å². The molecule has 0 aromatic carbocycles. The van der Waals surface area contributed by atoms with Gasteiger partial charge in [0, 0.05) is 6.20 Å². The molecule has 1 heterocycles. The Morgan fingerprint density at radius 1 is 1.55 bits per heavy atom. The maximum Gasteiger partial charge on any atom is 0.132 e. The molecule has 1 nitrogen and oxygen atoms in total. The van der Waals surface area contributed by atoms with Crippen LogP contribution in [0.1, 0.15) is 19.4 Å². The van der Waals surface area contributed by atoms with E-state index in [9.17, 15) is 0 Å². The summed E-state index contributed by atoms with van der Waals surface area (Å²) in [5.74, 6) is 0.636. The molecule has 60 valence electrons. The van der Waals surface area contributed by atoms with Crippen molar-refractivity contribution in [3.05, 3.63) is 29.0 Å². The van der Waals surface area contributed by atoms with E-state index in [-0.39, 0.29) is 0 Å². The second-order valence-corrected chi connectivity index (χ2v) is 3.41. The normalized spacial score (nSPS) is 10.5. The van der Waals surface area contributed by atoms with Crippen LogP contribution in [0.15, 0.2) is 18.3 Å². The van der Waals surface area contributed by atoms with Crippen LogP contribution in [0.5, 0.6) is 0 Å². The Bertz CT molecular complexity index is 233. The van der Waals surface area contributed by atoms with E-state index in [1.807, 2.05) is 12.1 Å². The van der Waals surface area contributed by atoms with Gasteiger partial charge in [-0.2, -0.15) is 0 Å². The van der Waals surface area contributed by atoms with E-state index in [0.717, 1.165) is 12.0 Å². The molecule has 11 heavy (non-hydrogen) atoms. The Morgan fingerprint density at radius 3 is 2.82 bits per heavy atom. The Kier molecular flexibility index (Phi) is 2.89. The third-order valence-corrected chi connectivity index (χ3v) is 1.80. The first-order chi connectivity index (χ1) is 5.20. The standard InChI is InChI=1S/C9H12ClN/c1-7(2)6-8-4-3-5-11-9(8)10/h3-5,7H,6H2,1-2H3. The van der Waals surface area contributed by atoms with Gasteiger partial charge in [-0.1, -0.05) is 31.5 Å². The molecule has 0 fully saturated rings. The van der Waals surface area contributed by atoms with Crippen LogP contribution < -0.4 is 0 Å². The highest BCUT2D eigenvalue weighted by atomic mass is 35.5. The predicted octanol–water partition coefficient (Wildman–Crippen LogP) is 2.93. The average Bonchev–Trinajstić information content (AvgIpc) is 1.93. The van der Waals surface area contributed by atoms with Gasteiger partial charge in [0.2, 0.25) is 0 Å². The fourth-order valence-corrected chi connectivity index (χ4v) is 1.21. The summed E-state index contributed by atoms with van der Waals surface area (Å²) in [6.07, 6.45) is 2.72. The summed E-state index contributed by atoms with van der Waals surface area (Å²) >= 11 is 5.86. The van der Waals surface area contributed by atoms with Crippen molar-refractivity contribution in [3.63, 3.8) is 0 Å². The molecule has 0 spiro atoms. The van der Waals surface area contributed by atoms with E-state index in [1.165, 1.54) is 0 Å². The lowest BCUT2D eigenvalue weighted by Crippen LogP contribution is -1.95. The molecular weight excluding hydrogens is 158 g/mol. The number of hydrogen-bond donors (Lipinski definition) is 0. The van der Waals surface area contributed by atoms with E-state index < -0.39 is 0 Å². The van der Waals surface area contributed by atoms with E-state index >= 15 is 0 Å². The number of pyridine rings is 1. The largest absolute Gasteiger partial charge is 0.244 e. The zero-order chi connectivity index (χ0) is 8.27. The lowest BCUT2D eigenvalue weighted by atomic mass is 10.1. The van der Waals surface area contributed by atoms with Gasteiger partial charge in [0.1, 0.15) is 5.15 Å². The lowest BCUT2D eigenvalue weighted by Gasteiger charge is -2.04. The van der Waals surface area contributed by atoms with Crippen molar-refractivity contribution in [1.82, 2.24) is 4.98 Å². The number of rotatable bonds is 2. The van der Waals surface area contributed by atoms with Crippen molar-refractivity contribution >= 4 is 11.6 Å². The molecule has 0 aliphatic heterocycles. The molecule has 0 amide bonds. The quantitative estimate of drug-likeness (QED) is 0.621. The Morgan fingerprint density at radius 2 is 2.27 bits per heavy atom. The van der Waals surface area contributed by atoms with Crippen molar-refractivity contribution in [1.29, 1.82) is 0 Å². The van der Waals surface area contributed by atoms with Crippen molar-refractivity contribution in [2.45, 2.75) is 20.3 Å². The van der Waals surface area contributed by atoms with Gasteiger partial charge in [-0.3, -0.25) is 0 Å². The first-order valence-electron chi connectivity index (χ1n) is 3.79. The molecule has 1 rings (SSSR count). The molecule has 2 heteroatoms. The summed E-state index contributed by atoms with van der Waals surface area (Å²) < 4.78 is 0. The Labute approximate surface area is 72.4 Å². The van der Waals surface area contributed by atoms with Crippen LogP contribution in [0, 0.1) is 5.92 Å². The molecule has 0 saturated carbocycles. The molecule has 0 bridgehead atoms. The summed E-state index contributed by atoms with van der Waals surface area (Å²) in [4.78, 5) is 4.00. The Balaban J connectivity index is 2.78. The van der Waals surface area contributed by atoms with Crippen molar-refractivity contribution < 1.29 is 0 Å². The minimum Gasteiger partial charge on any atom is -0.244 e. The topological polar surface area (TPSA) is 12.9 Å². The van der Waals surface area contributed by atoms with Crippen molar-refractivity contribution in [2.75, 3.05) is 0 Å². The minimum atomic E-state index is 0.636. The molecule has 0 atom stereocenters. The minimum absolute atomic E-state index is 0.636. The van der Waals surface area contributed by atoms with Gasteiger partial charge < -0.3 is 0 Å². The van der Waals surface area contributed by atoms with Gasteiger partial charge in [0.25, 0.3) is 0 Å². The van der Waals surface area contributed by atoms with Crippen LogP contribution in [0.4, 0.5) is 0 Å².